The molecule has 0 aliphatic carbocycles. The lowest BCUT2D eigenvalue weighted by molar-refractivity contribution is 0.298. The number of aromatic amines is 1. The maximum absolute atomic E-state index is 13.3. The van der Waals surface area contributed by atoms with Crippen molar-refractivity contribution >= 4 is 7.82 Å². The van der Waals surface area contributed by atoms with Gasteiger partial charge in [0.2, 0.25) is 0 Å². The van der Waals surface area contributed by atoms with Crippen molar-refractivity contribution in [3.63, 3.8) is 0 Å². The Morgan fingerprint density at radius 1 is 0.645 bits per heavy atom. The van der Waals surface area contributed by atoms with Crippen LogP contribution in [0.15, 0.2) is 91.3 Å². The van der Waals surface area contributed by atoms with Crippen LogP contribution in [0.3, 0.4) is 0 Å². The van der Waals surface area contributed by atoms with Crippen LogP contribution in [0.1, 0.15) is 16.7 Å². The lowest BCUT2D eigenvalue weighted by Crippen LogP contribution is -2.07. The molecule has 0 aliphatic heterocycles. The summed E-state index contributed by atoms with van der Waals surface area (Å²) in [4.78, 5) is 0. The fourth-order valence-corrected chi connectivity index (χ4v) is 3.71. The maximum atomic E-state index is 13.3. The number of nitrogens with zero attached hydrogens (tertiary/aromatic N) is 1. The third kappa shape index (κ3) is 7.36. The van der Waals surface area contributed by atoms with Crippen LogP contribution in [0.2, 0.25) is 0 Å². The van der Waals surface area contributed by atoms with E-state index < -0.39 is 7.82 Å². The molecule has 160 valence electrons. The van der Waals surface area contributed by atoms with Gasteiger partial charge in [-0.05, 0) is 63.2 Å². The first-order valence-corrected chi connectivity index (χ1v) is 11.2. The van der Waals surface area contributed by atoms with Crippen LogP contribution in [0, 0.1) is 20.8 Å². The average molecular weight is 436 g/mol. The molecule has 0 aliphatic rings. The minimum Gasteiger partial charge on any atom is -0.386 e. The van der Waals surface area contributed by atoms with Crippen molar-refractivity contribution in [2.24, 2.45) is 0 Å². The van der Waals surface area contributed by atoms with Gasteiger partial charge in [-0.1, -0.05) is 53.1 Å². The first kappa shape index (κ1) is 22.2. The van der Waals surface area contributed by atoms with Gasteiger partial charge >= 0.3 is 7.82 Å². The molecule has 6 nitrogen and oxygen atoms in total. The molecule has 31 heavy (non-hydrogen) atoms. The summed E-state index contributed by atoms with van der Waals surface area (Å²) >= 11 is 0. The summed E-state index contributed by atoms with van der Waals surface area (Å²) in [5.74, 6) is 1.24. The van der Waals surface area contributed by atoms with Gasteiger partial charge < -0.3 is 13.6 Å². The van der Waals surface area contributed by atoms with Gasteiger partial charge in [-0.15, -0.1) is 0 Å². The number of nitrogens with one attached hydrogen (secondary N) is 1. The fourth-order valence-electron chi connectivity index (χ4n) is 2.46. The normalized spacial score (nSPS) is 10.5. The number of rotatable bonds is 6. The molecule has 7 heteroatoms. The van der Waals surface area contributed by atoms with E-state index in [4.69, 9.17) is 13.6 Å². The highest BCUT2D eigenvalue weighted by molar-refractivity contribution is 7.49. The van der Waals surface area contributed by atoms with Crippen LogP contribution >= 0.6 is 7.82 Å². The minimum atomic E-state index is -3.93. The monoisotopic (exact) mass is 436 g/mol. The zero-order chi connectivity index (χ0) is 22.1. The Balaban J connectivity index is 0.000000478. The molecule has 0 unspecified atom stereocenters. The summed E-state index contributed by atoms with van der Waals surface area (Å²) in [5.41, 5.74) is 3.23. The molecule has 1 heterocycles. The van der Waals surface area contributed by atoms with Crippen molar-refractivity contribution in [2.75, 3.05) is 0 Å². The zero-order valence-electron chi connectivity index (χ0n) is 17.7. The standard InChI is InChI=1S/C21H21O4P.C3H4N2/c1-16-4-10-19(11-5-16)23-26(22,24-20-12-6-17(2)7-13-20)25-21-14-8-18(3)9-15-21;1-2-4-5-3-1/h4-15H,1-3H3;1-3H,(H,4,5). The molecule has 0 saturated carbocycles. The quantitative estimate of drug-likeness (QED) is 0.342. The van der Waals surface area contributed by atoms with Gasteiger partial charge in [-0.2, -0.15) is 9.66 Å². The fraction of sp³-hybridized carbons (Fsp3) is 0.125. The highest BCUT2D eigenvalue weighted by atomic mass is 31.2. The molecule has 0 bridgehead atoms. The Hall–Kier alpha value is -3.50. The molecule has 1 N–H and O–H groups in total. The van der Waals surface area contributed by atoms with Gasteiger partial charge in [-0.3, -0.25) is 5.10 Å². The van der Waals surface area contributed by atoms with Gasteiger partial charge in [-0.25, -0.2) is 0 Å². The average Bonchev–Trinajstić information content (AvgIpc) is 3.34. The SMILES string of the molecule is Cc1ccc(OP(=O)(Oc2ccc(C)cc2)Oc2ccc(C)cc2)cc1.c1cn[nH]c1. The number of phosphoric ester groups is 1. The predicted molar refractivity (Wildman–Crippen MR) is 122 cm³/mol. The summed E-state index contributed by atoms with van der Waals surface area (Å²) in [5, 5.41) is 6.21. The van der Waals surface area contributed by atoms with Gasteiger partial charge in [0.05, 0.1) is 0 Å². The van der Waals surface area contributed by atoms with Crippen LogP contribution in [0.25, 0.3) is 0 Å². The van der Waals surface area contributed by atoms with Gasteiger partial charge in [0.15, 0.2) is 0 Å². The Morgan fingerprint density at radius 2 is 1.00 bits per heavy atom. The minimum absolute atomic E-state index is 0.415. The number of H-pyrrole nitrogens is 1. The van der Waals surface area contributed by atoms with Crippen LogP contribution in [-0.4, -0.2) is 10.2 Å². The third-order valence-corrected chi connectivity index (χ3v) is 5.42. The van der Waals surface area contributed by atoms with Crippen molar-refractivity contribution in [1.82, 2.24) is 10.2 Å². The molecule has 4 aromatic rings. The molecule has 0 radical (unpaired) electrons. The molecule has 3 aromatic carbocycles. The summed E-state index contributed by atoms with van der Waals surface area (Å²) in [6.45, 7) is 5.90. The first-order valence-electron chi connectivity index (χ1n) is 9.74. The van der Waals surface area contributed by atoms with Crippen molar-refractivity contribution < 1.29 is 18.1 Å². The third-order valence-electron chi connectivity index (χ3n) is 4.12. The van der Waals surface area contributed by atoms with E-state index in [0.717, 1.165) is 16.7 Å². The van der Waals surface area contributed by atoms with E-state index in [1.165, 1.54) is 0 Å². The topological polar surface area (TPSA) is 73.4 Å². The number of aromatic nitrogens is 2. The van der Waals surface area contributed by atoms with Crippen LogP contribution in [0.5, 0.6) is 17.2 Å². The van der Waals surface area contributed by atoms with Crippen molar-refractivity contribution in [3.8, 4) is 17.2 Å². The molecule has 1 aromatic heterocycles. The van der Waals surface area contributed by atoms with Crippen molar-refractivity contribution in [2.45, 2.75) is 20.8 Å². The van der Waals surface area contributed by atoms with Crippen LogP contribution in [0.4, 0.5) is 0 Å². The van der Waals surface area contributed by atoms with Crippen molar-refractivity contribution in [3.05, 3.63) is 108 Å². The van der Waals surface area contributed by atoms with E-state index in [-0.39, 0.29) is 0 Å². The molecule has 0 atom stereocenters. The lowest BCUT2D eigenvalue weighted by atomic mass is 10.2. The largest absolute Gasteiger partial charge is 0.647 e. The Morgan fingerprint density at radius 3 is 1.23 bits per heavy atom. The summed E-state index contributed by atoms with van der Waals surface area (Å²) in [7, 11) is -3.93. The second kappa shape index (κ2) is 10.5. The molecular weight excluding hydrogens is 411 g/mol. The first-order chi connectivity index (χ1) is 14.9. The molecule has 0 spiro atoms. The highest BCUT2D eigenvalue weighted by Crippen LogP contribution is 2.49. The number of benzene rings is 3. The summed E-state index contributed by atoms with van der Waals surface area (Å²) in [6.07, 6.45) is 3.46. The highest BCUT2D eigenvalue weighted by Gasteiger charge is 2.33. The second-order valence-electron chi connectivity index (χ2n) is 6.93. The smallest absolute Gasteiger partial charge is 0.386 e. The Bertz CT molecular complexity index is 954. The number of hydrogen-bond donors (Lipinski definition) is 1. The number of hydrogen-bond acceptors (Lipinski definition) is 5. The van der Waals surface area contributed by atoms with E-state index in [2.05, 4.69) is 10.2 Å². The van der Waals surface area contributed by atoms with E-state index in [1.54, 1.807) is 48.8 Å². The molecule has 4 rings (SSSR count). The van der Waals surface area contributed by atoms with E-state index in [0.29, 0.717) is 17.2 Å². The number of phosphoric acid groups is 1. The summed E-state index contributed by atoms with van der Waals surface area (Å²) < 4.78 is 30.2. The van der Waals surface area contributed by atoms with Crippen molar-refractivity contribution in [1.29, 1.82) is 0 Å². The predicted octanol–water partition coefficient (Wildman–Crippen LogP) is 6.67. The molecule has 0 amide bonds. The van der Waals surface area contributed by atoms with E-state index in [1.807, 2.05) is 63.2 Å². The molecular formula is C24H25N2O4P. The number of aryl methyl sites for hydroxylation is 3. The molecule has 0 saturated heterocycles. The van der Waals surface area contributed by atoms with Crippen LogP contribution in [-0.2, 0) is 4.57 Å². The molecule has 0 fully saturated rings. The Kier molecular flexibility index (Phi) is 7.52. The zero-order valence-corrected chi connectivity index (χ0v) is 18.6. The van der Waals surface area contributed by atoms with Gasteiger partial charge in [0.1, 0.15) is 17.2 Å². The van der Waals surface area contributed by atoms with Gasteiger partial charge in [0, 0.05) is 12.4 Å². The lowest BCUT2D eigenvalue weighted by Gasteiger charge is -2.19. The van der Waals surface area contributed by atoms with E-state index >= 15 is 0 Å². The van der Waals surface area contributed by atoms with E-state index in [9.17, 15) is 4.57 Å². The van der Waals surface area contributed by atoms with Crippen LogP contribution < -0.4 is 13.6 Å². The Labute approximate surface area is 182 Å². The maximum Gasteiger partial charge on any atom is 0.647 e. The summed E-state index contributed by atoms with van der Waals surface area (Å²) in [6, 6.07) is 23.5. The van der Waals surface area contributed by atoms with Gasteiger partial charge in [0.25, 0.3) is 0 Å². The second-order valence-corrected chi connectivity index (χ2v) is 8.37.